The van der Waals surface area contributed by atoms with Crippen molar-refractivity contribution in [3.63, 3.8) is 0 Å². The van der Waals surface area contributed by atoms with Crippen molar-refractivity contribution in [1.82, 2.24) is 5.32 Å². The lowest BCUT2D eigenvalue weighted by atomic mass is 10.0. The molecule has 2 rings (SSSR count). The Morgan fingerprint density at radius 1 is 1.14 bits per heavy atom. The summed E-state index contributed by atoms with van der Waals surface area (Å²) >= 11 is 1.40. The molecule has 2 N–H and O–H groups in total. The van der Waals surface area contributed by atoms with E-state index in [-0.39, 0.29) is 13.0 Å². The molecule has 1 aromatic carbocycles. The van der Waals surface area contributed by atoms with E-state index in [4.69, 9.17) is 0 Å². The van der Waals surface area contributed by atoms with E-state index < -0.39 is 18.3 Å². The second-order valence-electron chi connectivity index (χ2n) is 4.76. The third-order valence-corrected chi connectivity index (χ3v) is 3.86. The number of hydrogen-bond donors (Lipinski definition) is 2. The minimum absolute atomic E-state index is 0.131. The second kappa shape index (κ2) is 7.06. The minimum atomic E-state index is -4.36. The van der Waals surface area contributed by atoms with Gasteiger partial charge in [0.05, 0.1) is 6.10 Å². The van der Waals surface area contributed by atoms with Crippen molar-refractivity contribution >= 4 is 11.3 Å². The first-order valence-corrected chi connectivity index (χ1v) is 7.45. The number of halogens is 3. The molecule has 0 aliphatic heterocycles. The summed E-state index contributed by atoms with van der Waals surface area (Å²) in [7, 11) is 0. The van der Waals surface area contributed by atoms with Crippen LogP contribution in [-0.2, 0) is 6.42 Å². The molecule has 0 radical (unpaired) electrons. The molecule has 2 aromatic rings. The molecule has 0 amide bonds. The van der Waals surface area contributed by atoms with Crippen molar-refractivity contribution in [3.8, 4) is 0 Å². The van der Waals surface area contributed by atoms with Gasteiger partial charge in [-0.15, -0.1) is 0 Å². The van der Waals surface area contributed by atoms with Crippen LogP contribution in [0.25, 0.3) is 0 Å². The fraction of sp³-hybridized carbons (Fsp3) is 0.333. The Labute approximate surface area is 125 Å². The molecule has 1 aromatic heterocycles. The number of aliphatic hydroxyl groups is 1. The second-order valence-corrected chi connectivity index (χ2v) is 5.54. The van der Waals surface area contributed by atoms with Crippen LogP contribution < -0.4 is 5.32 Å². The predicted molar refractivity (Wildman–Crippen MR) is 77.3 cm³/mol. The highest BCUT2D eigenvalue weighted by Gasteiger charge is 2.39. The predicted octanol–water partition coefficient (Wildman–Crippen LogP) is 3.54. The Balaban J connectivity index is 1.97. The zero-order valence-corrected chi connectivity index (χ0v) is 12.0. The Bertz CT molecular complexity index is 528. The molecule has 0 aliphatic rings. The maximum Gasteiger partial charge on any atom is 0.404 e. The lowest BCUT2D eigenvalue weighted by molar-refractivity contribution is -0.156. The summed E-state index contributed by atoms with van der Waals surface area (Å²) in [6.45, 7) is -0.131. The monoisotopic (exact) mass is 315 g/mol. The van der Waals surface area contributed by atoms with Crippen LogP contribution in [0.1, 0.15) is 17.2 Å². The van der Waals surface area contributed by atoms with E-state index in [1.807, 2.05) is 0 Å². The summed E-state index contributed by atoms with van der Waals surface area (Å²) in [5.41, 5.74) is 1.24. The summed E-state index contributed by atoms with van der Waals surface area (Å²) in [6, 6.07) is 8.54. The molecule has 2 atom stereocenters. The lowest BCUT2D eigenvalue weighted by Crippen LogP contribution is -2.45. The number of hydrogen-bond acceptors (Lipinski definition) is 3. The maximum absolute atomic E-state index is 13.1. The number of benzene rings is 1. The average Bonchev–Trinajstić information content (AvgIpc) is 2.97. The van der Waals surface area contributed by atoms with Crippen LogP contribution in [0.3, 0.4) is 0 Å². The third kappa shape index (κ3) is 4.84. The first-order valence-electron chi connectivity index (χ1n) is 6.51. The maximum atomic E-state index is 13.1. The Hall–Kier alpha value is -1.37. The van der Waals surface area contributed by atoms with Crippen LogP contribution >= 0.6 is 11.3 Å². The normalized spacial score (nSPS) is 14.9. The summed E-state index contributed by atoms with van der Waals surface area (Å²) in [6.07, 6.45) is -5.44. The van der Waals surface area contributed by atoms with Crippen LogP contribution in [-0.4, -0.2) is 23.9 Å². The number of aliphatic hydroxyl groups excluding tert-OH is 1. The number of nitrogens with one attached hydrogen (secondary N) is 1. The summed E-state index contributed by atoms with van der Waals surface area (Å²) in [5.74, 6) is 0. The lowest BCUT2D eigenvalue weighted by Gasteiger charge is -2.23. The molecule has 2 nitrogen and oxygen atoms in total. The molecule has 0 saturated heterocycles. The third-order valence-electron chi connectivity index (χ3n) is 3.16. The Kier molecular flexibility index (Phi) is 5.39. The SMILES string of the molecule is O[C@@H](CN[C@H](Cc1ccccc1)C(F)(F)F)c1ccsc1. The van der Waals surface area contributed by atoms with Crippen LogP contribution in [0.2, 0.25) is 0 Å². The van der Waals surface area contributed by atoms with Crippen molar-refractivity contribution in [1.29, 1.82) is 0 Å². The largest absolute Gasteiger partial charge is 0.404 e. The van der Waals surface area contributed by atoms with Gasteiger partial charge in [0.2, 0.25) is 0 Å². The highest BCUT2D eigenvalue weighted by molar-refractivity contribution is 7.07. The van der Waals surface area contributed by atoms with Crippen LogP contribution in [0.15, 0.2) is 47.2 Å². The summed E-state index contributed by atoms with van der Waals surface area (Å²) < 4.78 is 39.2. The van der Waals surface area contributed by atoms with Gasteiger partial charge in [-0.2, -0.15) is 24.5 Å². The van der Waals surface area contributed by atoms with Gasteiger partial charge in [-0.1, -0.05) is 30.3 Å². The summed E-state index contributed by atoms with van der Waals surface area (Å²) in [4.78, 5) is 0. The van der Waals surface area contributed by atoms with E-state index >= 15 is 0 Å². The molecule has 0 fully saturated rings. The first kappa shape index (κ1) is 16.0. The van der Waals surface area contributed by atoms with Gasteiger partial charge in [-0.05, 0) is 34.4 Å². The van der Waals surface area contributed by atoms with Gasteiger partial charge in [0, 0.05) is 6.54 Å². The molecule has 0 saturated carbocycles. The molecule has 0 unspecified atom stereocenters. The van der Waals surface area contributed by atoms with Crippen molar-refractivity contribution in [2.45, 2.75) is 24.7 Å². The van der Waals surface area contributed by atoms with Gasteiger partial charge in [-0.3, -0.25) is 0 Å². The first-order chi connectivity index (χ1) is 9.97. The van der Waals surface area contributed by atoms with Gasteiger partial charge >= 0.3 is 6.18 Å². The molecule has 0 bridgehead atoms. The summed E-state index contributed by atoms with van der Waals surface area (Å²) in [5, 5.41) is 15.8. The van der Waals surface area contributed by atoms with Crippen molar-refractivity contribution in [3.05, 3.63) is 58.3 Å². The quantitative estimate of drug-likeness (QED) is 0.854. The van der Waals surface area contributed by atoms with E-state index in [9.17, 15) is 18.3 Å². The number of thiophene rings is 1. The van der Waals surface area contributed by atoms with Crippen LogP contribution in [0.4, 0.5) is 13.2 Å². The van der Waals surface area contributed by atoms with Gasteiger partial charge in [-0.25, -0.2) is 0 Å². The Morgan fingerprint density at radius 2 is 1.86 bits per heavy atom. The van der Waals surface area contributed by atoms with Crippen molar-refractivity contribution in [2.24, 2.45) is 0 Å². The highest BCUT2D eigenvalue weighted by Crippen LogP contribution is 2.24. The number of rotatable bonds is 6. The van der Waals surface area contributed by atoms with Crippen LogP contribution in [0.5, 0.6) is 0 Å². The fourth-order valence-corrected chi connectivity index (χ4v) is 2.70. The van der Waals surface area contributed by atoms with Gasteiger partial charge in [0.15, 0.2) is 0 Å². The standard InChI is InChI=1S/C15H16F3NOS/c16-15(17,18)14(8-11-4-2-1-3-5-11)19-9-13(20)12-6-7-21-10-12/h1-7,10,13-14,19-20H,8-9H2/t13-,14+/m0/s1. The smallest absolute Gasteiger partial charge is 0.387 e. The van der Waals surface area contributed by atoms with Crippen LogP contribution in [0, 0.1) is 0 Å². The molecule has 1 heterocycles. The number of alkyl halides is 3. The minimum Gasteiger partial charge on any atom is -0.387 e. The average molecular weight is 315 g/mol. The molecular weight excluding hydrogens is 299 g/mol. The van der Waals surface area contributed by atoms with E-state index in [0.717, 1.165) is 0 Å². The van der Waals surface area contributed by atoms with Gasteiger partial charge < -0.3 is 10.4 Å². The molecule has 114 valence electrons. The van der Waals surface area contributed by atoms with E-state index in [0.29, 0.717) is 11.1 Å². The topological polar surface area (TPSA) is 32.3 Å². The van der Waals surface area contributed by atoms with Crippen molar-refractivity contribution in [2.75, 3.05) is 6.54 Å². The molecule has 0 spiro atoms. The molecule has 6 heteroatoms. The zero-order chi connectivity index (χ0) is 15.3. The highest BCUT2D eigenvalue weighted by atomic mass is 32.1. The van der Waals surface area contributed by atoms with Crippen molar-refractivity contribution < 1.29 is 18.3 Å². The fourth-order valence-electron chi connectivity index (χ4n) is 1.99. The molecule has 21 heavy (non-hydrogen) atoms. The molecule has 0 aliphatic carbocycles. The molecular formula is C15H16F3NOS. The van der Waals surface area contributed by atoms with E-state index in [1.54, 1.807) is 47.2 Å². The van der Waals surface area contributed by atoms with E-state index in [1.165, 1.54) is 11.3 Å². The van der Waals surface area contributed by atoms with Gasteiger partial charge in [0.1, 0.15) is 6.04 Å². The Morgan fingerprint density at radius 3 is 2.43 bits per heavy atom. The van der Waals surface area contributed by atoms with Gasteiger partial charge in [0.25, 0.3) is 0 Å². The zero-order valence-electron chi connectivity index (χ0n) is 11.2. The van der Waals surface area contributed by atoms with E-state index in [2.05, 4.69) is 5.32 Å².